The van der Waals surface area contributed by atoms with E-state index in [1.807, 2.05) is 14.0 Å². The fourth-order valence-corrected chi connectivity index (χ4v) is 1.61. The third-order valence-electron chi connectivity index (χ3n) is 2.60. The Hall–Kier alpha value is -0.770. The Morgan fingerprint density at radius 3 is 2.33 bits per heavy atom. The van der Waals surface area contributed by atoms with Crippen LogP contribution >= 0.6 is 0 Å². The number of nitrogens with zero attached hydrogens (tertiary/aromatic N) is 1. The molecule has 1 unspecified atom stereocenters. The van der Waals surface area contributed by atoms with Gasteiger partial charge in [0.25, 0.3) is 0 Å². The number of carbonyl (C=O) groups is 1. The van der Waals surface area contributed by atoms with Crippen LogP contribution in [0, 0.1) is 0 Å². The van der Waals surface area contributed by atoms with Gasteiger partial charge >= 0.3 is 6.03 Å². The molecule has 0 heterocycles. The highest BCUT2D eigenvalue weighted by Gasteiger charge is 2.17. The predicted octanol–water partition coefficient (Wildman–Crippen LogP) is 1.85. The van der Waals surface area contributed by atoms with E-state index < -0.39 is 0 Å². The van der Waals surface area contributed by atoms with Crippen LogP contribution in [-0.2, 0) is 4.74 Å². The van der Waals surface area contributed by atoms with Gasteiger partial charge < -0.3 is 15.0 Å². The molecule has 0 aliphatic carbocycles. The molecule has 0 radical (unpaired) electrons. The Kier molecular flexibility index (Phi) is 7.13. The summed E-state index contributed by atoms with van der Waals surface area (Å²) in [5.41, 5.74) is 0. The zero-order valence-corrected chi connectivity index (χ0v) is 10.5. The number of hydrogen-bond donors (Lipinski definition) is 1. The first-order chi connectivity index (χ1) is 7.06. The van der Waals surface area contributed by atoms with Crippen LogP contribution in [0.3, 0.4) is 0 Å². The Bertz CT molecular complexity index is 181. The highest BCUT2D eigenvalue weighted by atomic mass is 16.5. The topological polar surface area (TPSA) is 41.6 Å². The molecule has 0 aliphatic heterocycles. The van der Waals surface area contributed by atoms with Crippen molar-refractivity contribution in [3.05, 3.63) is 0 Å². The molecule has 0 fully saturated rings. The number of carbonyl (C=O) groups excluding carboxylic acids is 1. The highest BCUT2D eigenvalue weighted by molar-refractivity contribution is 5.74. The van der Waals surface area contributed by atoms with E-state index in [1.54, 1.807) is 12.0 Å². The van der Waals surface area contributed by atoms with Crippen LogP contribution < -0.4 is 5.32 Å². The van der Waals surface area contributed by atoms with E-state index in [2.05, 4.69) is 19.2 Å². The Morgan fingerprint density at radius 2 is 1.93 bits per heavy atom. The molecule has 0 rings (SSSR count). The van der Waals surface area contributed by atoms with Crippen LogP contribution in [0.2, 0.25) is 0 Å². The van der Waals surface area contributed by atoms with Gasteiger partial charge in [-0.15, -0.1) is 0 Å². The van der Waals surface area contributed by atoms with Crippen molar-refractivity contribution in [1.82, 2.24) is 10.2 Å². The molecular weight excluding hydrogens is 192 g/mol. The maximum Gasteiger partial charge on any atom is 0.317 e. The van der Waals surface area contributed by atoms with Crippen LogP contribution in [0.4, 0.5) is 4.79 Å². The number of rotatable bonds is 6. The predicted molar refractivity (Wildman–Crippen MR) is 62.0 cm³/mol. The van der Waals surface area contributed by atoms with Gasteiger partial charge in [0.1, 0.15) is 0 Å². The fraction of sp³-hybridized carbons (Fsp3) is 0.909. The molecule has 2 amide bonds. The van der Waals surface area contributed by atoms with Crippen LogP contribution in [-0.4, -0.2) is 43.8 Å². The summed E-state index contributed by atoms with van der Waals surface area (Å²) in [4.78, 5) is 13.5. The highest BCUT2D eigenvalue weighted by Crippen LogP contribution is 2.06. The van der Waals surface area contributed by atoms with Crippen molar-refractivity contribution in [3.63, 3.8) is 0 Å². The summed E-state index contributed by atoms with van der Waals surface area (Å²) in [6.07, 6.45) is 1.97. The minimum atomic E-state index is -0.0201. The molecule has 0 spiro atoms. The van der Waals surface area contributed by atoms with E-state index in [-0.39, 0.29) is 12.1 Å². The Labute approximate surface area is 93.0 Å². The minimum absolute atomic E-state index is 0.0201. The van der Waals surface area contributed by atoms with Crippen LogP contribution in [0.15, 0.2) is 0 Å². The van der Waals surface area contributed by atoms with Crippen molar-refractivity contribution in [2.45, 2.75) is 45.7 Å². The third-order valence-corrected chi connectivity index (χ3v) is 2.60. The van der Waals surface area contributed by atoms with Crippen molar-refractivity contribution in [2.24, 2.45) is 0 Å². The lowest BCUT2D eigenvalue weighted by molar-refractivity contribution is 0.155. The first-order valence-electron chi connectivity index (χ1n) is 5.59. The maximum atomic E-state index is 11.7. The van der Waals surface area contributed by atoms with Gasteiger partial charge in [-0.1, -0.05) is 13.8 Å². The summed E-state index contributed by atoms with van der Waals surface area (Å²) in [6, 6.07) is 0.354. The van der Waals surface area contributed by atoms with E-state index in [1.165, 1.54) is 0 Å². The SMILES string of the molecule is CCC(CC)N(C)C(=O)NC(C)COC. The summed E-state index contributed by atoms with van der Waals surface area (Å²) >= 11 is 0. The van der Waals surface area contributed by atoms with E-state index in [4.69, 9.17) is 4.74 Å². The number of urea groups is 1. The molecule has 0 saturated carbocycles. The van der Waals surface area contributed by atoms with E-state index >= 15 is 0 Å². The number of amides is 2. The van der Waals surface area contributed by atoms with Gasteiger partial charge in [-0.05, 0) is 19.8 Å². The van der Waals surface area contributed by atoms with Crippen molar-refractivity contribution >= 4 is 6.03 Å². The van der Waals surface area contributed by atoms with Crippen molar-refractivity contribution < 1.29 is 9.53 Å². The molecule has 1 atom stereocenters. The lowest BCUT2D eigenvalue weighted by atomic mass is 10.1. The summed E-state index contributed by atoms with van der Waals surface area (Å²) in [5, 5.41) is 2.89. The Morgan fingerprint density at radius 1 is 1.40 bits per heavy atom. The first kappa shape index (κ1) is 14.2. The van der Waals surface area contributed by atoms with Crippen LogP contribution in [0.25, 0.3) is 0 Å². The minimum Gasteiger partial charge on any atom is -0.383 e. The smallest absolute Gasteiger partial charge is 0.317 e. The molecular formula is C11H24N2O2. The monoisotopic (exact) mass is 216 g/mol. The second kappa shape index (κ2) is 7.51. The molecule has 4 nitrogen and oxygen atoms in total. The number of methoxy groups -OCH3 is 1. The lowest BCUT2D eigenvalue weighted by Gasteiger charge is -2.27. The van der Waals surface area contributed by atoms with Gasteiger partial charge in [0, 0.05) is 20.2 Å². The largest absolute Gasteiger partial charge is 0.383 e. The fourth-order valence-electron chi connectivity index (χ4n) is 1.61. The zero-order chi connectivity index (χ0) is 11.8. The van der Waals surface area contributed by atoms with Gasteiger partial charge in [0.2, 0.25) is 0 Å². The first-order valence-corrected chi connectivity index (χ1v) is 5.59. The second-order valence-corrected chi connectivity index (χ2v) is 3.89. The summed E-state index contributed by atoms with van der Waals surface area (Å²) in [5.74, 6) is 0. The number of ether oxygens (including phenoxy) is 1. The van der Waals surface area contributed by atoms with E-state index in [9.17, 15) is 4.79 Å². The molecule has 4 heteroatoms. The van der Waals surface area contributed by atoms with Gasteiger partial charge in [-0.25, -0.2) is 4.79 Å². The third kappa shape index (κ3) is 5.02. The quantitative estimate of drug-likeness (QED) is 0.736. The summed E-state index contributed by atoms with van der Waals surface area (Å²) in [7, 11) is 3.47. The van der Waals surface area contributed by atoms with E-state index in [0.717, 1.165) is 12.8 Å². The summed E-state index contributed by atoms with van der Waals surface area (Å²) in [6.45, 7) is 6.66. The van der Waals surface area contributed by atoms with Crippen LogP contribution in [0.1, 0.15) is 33.6 Å². The van der Waals surface area contributed by atoms with Gasteiger partial charge in [-0.3, -0.25) is 0 Å². The molecule has 90 valence electrons. The molecule has 0 aromatic heterocycles. The average molecular weight is 216 g/mol. The molecule has 0 aromatic carbocycles. The van der Waals surface area contributed by atoms with Gasteiger partial charge in [0.15, 0.2) is 0 Å². The molecule has 0 bridgehead atoms. The molecule has 15 heavy (non-hydrogen) atoms. The average Bonchev–Trinajstić information content (AvgIpc) is 2.19. The Balaban J connectivity index is 4.07. The van der Waals surface area contributed by atoms with E-state index in [0.29, 0.717) is 12.6 Å². The molecule has 0 aromatic rings. The number of hydrogen-bond acceptors (Lipinski definition) is 2. The lowest BCUT2D eigenvalue weighted by Crippen LogP contribution is -2.47. The van der Waals surface area contributed by atoms with Crippen molar-refractivity contribution in [3.8, 4) is 0 Å². The maximum absolute atomic E-state index is 11.7. The molecule has 0 aliphatic rings. The second-order valence-electron chi connectivity index (χ2n) is 3.89. The van der Waals surface area contributed by atoms with Crippen LogP contribution in [0.5, 0.6) is 0 Å². The normalized spacial score (nSPS) is 12.7. The number of nitrogens with one attached hydrogen (secondary N) is 1. The van der Waals surface area contributed by atoms with Gasteiger partial charge in [-0.2, -0.15) is 0 Å². The van der Waals surface area contributed by atoms with Crippen molar-refractivity contribution in [2.75, 3.05) is 20.8 Å². The molecule has 0 saturated heterocycles. The zero-order valence-electron chi connectivity index (χ0n) is 10.5. The van der Waals surface area contributed by atoms with Crippen molar-refractivity contribution in [1.29, 1.82) is 0 Å². The molecule has 1 N–H and O–H groups in total. The summed E-state index contributed by atoms with van der Waals surface area (Å²) < 4.78 is 4.96. The van der Waals surface area contributed by atoms with Gasteiger partial charge in [0.05, 0.1) is 12.6 Å². The standard InChI is InChI=1S/C11H24N2O2/c1-6-10(7-2)13(4)11(14)12-9(3)8-15-5/h9-10H,6-8H2,1-5H3,(H,12,14).